The van der Waals surface area contributed by atoms with Gasteiger partial charge in [0.1, 0.15) is 0 Å². The van der Waals surface area contributed by atoms with Gasteiger partial charge in [-0.25, -0.2) is 4.39 Å². The molecule has 3 rings (SSSR count). The molecule has 1 saturated heterocycles. The lowest BCUT2D eigenvalue weighted by molar-refractivity contribution is 0.0632. The van der Waals surface area contributed by atoms with Gasteiger partial charge in [-0.1, -0.05) is 24.3 Å². The molecule has 1 unspecified atom stereocenters. The average molecular weight is 356 g/mol. The van der Waals surface area contributed by atoms with Gasteiger partial charge in [-0.15, -0.1) is 0 Å². The van der Waals surface area contributed by atoms with Crippen molar-refractivity contribution in [3.63, 3.8) is 0 Å². The van der Waals surface area contributed by atoms with Gasteiger partial charge < -0.3 is 14.5 Å². The molecular formula is C21H25FN2O2. The second-order valence-corrected chi connectivity index (χ2v) is 6.91. The number of halogens is 1. The monoisotopic (exact) mass is 356 g/mol. The van der Waals surface area contributed by atoms with Crippen LogP contribution in [0.4, 0.5) is 10.1 Å². The molecule has 0 N–H and O–H groups in total. The quantitative estimate of drug-likeness (QED) is 0.816. The van der Waals surface area contributed by atoms with Crippen molar-refractivity contribution in [2.45, 2.75) is 12.8 Å². The van der Waals surface area contributed by atoms with Gasteiger partial charge in [-0.05, 0) is 37.1 Å². The van der Waals surface area contributed by atoms with E-state index < -0.39 is 0 Å². The zero-order valence-electron chi connectivity index (χ0n) is 15.3. The van der Waals surface area contributed by atoms with Gasteiger partial charge in [0, 0.05) is 38.8 Å². The van der Waals surface area contributed by atoms with Gasteiger partial charge in [0.2, 0.25) is 0 Å². The van der Waals surface area contributed by atoms with Crippen molar-refractivity contribution in [2.24, 2.45) is 5.92 Å². The molecule has 5 heteroatoms. The SMILES string of the molecule is CN(C)c1ccccc1C(=O)N1CCCC(COc2ccccc2F)C1. The number of piperidine rings is 1. The maximum Gasteiger partial charge on any atom is 0.255 e. The maximum atomic E-state index is 13.7. The second kappa shape index (κ2) is 8.21. The Morgan fingerprint density at radius 2 is 1.92 bits per heavy atom. The summed E-state index contributed by atoms with van der Waals surface area (Å²) in [6.45, 7) is 1.80. The van der Waals surface area contributed by atoms with Crippen molar-refractivity contribution >= 4 is 11.6 Å². The third-order valence-corrected chi connectivity index (χ3v) is 4.73. The first-order chi connectivity index (χ1) is 12.6. The number of ether oxygens (including phenoxy) is 1. The van der Waals surface area contributed by atoms with E-state index in [9.17, 15) is 9.18 Å². The molecule has 0 bridgehead atoms. The minimum Gasteiger partial charge on any atom is -0.490 e. The van der Waals surface area contributed by atoms with Crippen LogP contribution in [-0.2, 0) is 0 Å². The molecule has 0 saturated carbocycles. The number of hydrogen-bond acceptors (Lipinski definition) is 3. The summed E-state index contributed by atoms with van der Waals surface area (Å²) in [5, 5.41) is 0. The molecule has 0 spiro atoms. The maximum absolute atomic E-state index is 13.7. The third-order valence-electron chi connectivity index (χ3n) is 4.73. The first-order valence-electron chi connectivity index (χ1n) is 8.99. The summed E-state index contributed by atoms with van der Waals surface area (Å²) < 4.78 is 19.3. The molecule has 2 aromatic carbocycles. The molecule has 26 heavy (non-hydrogen) atoms. The van der Waals surface area contributed by atoms with Crippen LogP contribution in [0, 0.1) is 11.7 Å². The van der Waals surface area contributed by atoms with Crippen LogP contribution in [0.2, 0.25) is 0 Å². The number of benzene rings is 2. The van der Waals surface area contributed by atoms with Crippen molar-refractivity contribution in [1.29, 1.82) is 0 Å². The van der Waals surface area contributed by atoms with Crippen molar-refractivity contribution < 1.29 is 13.9 Å². The molecular weight excluding hydrogens is 331 g/mol. The smallest absolute Gasteiger partial charge is 0.255 e. The molecule has 0 aromatic heterocycles. The molecule has 1 fully saturated rings. The zero-order valence-corrected chi connectivity index (χ0v) is 15.3. The molecule has 4 nitrogen and oxygen atoms in total. The highest BCUT2D eigenvalue weighted by atomic mass is 19.1. The Balaban J connectivity index is 1.65. The van der Waals surface area contributed by atoms with Crippen LogP contribution in [-0.4, -0.2) is 44.6 Å². The van der Waals surface area contributed by atoms with Crippen molar-refractivity contribution in [3.8, 4) is 5.75 Å². The minimum absolute atomic E-state index is 0.0462. The summed E-state index contributed by atoms with van der Waals surface area (Å²) in [5.41, 5.74) is 1.63. The lowest BCUT2D eigenvalue weighted by Crippen LogP contribution is -2.42. The number of rotatable bonds is 5. The molecule has 0 radical (unpaired) electrons. The fourth-order valence-electron chi connectivity index (χ4n) is 3.37. The van der Waals surface area contributed by atoms with Crippen LogP contribution in [0.5, 0.6) is 5.75 Å². The highest BCUT2D eigenvalue weighted by Gasteiger charge is 2.26. The van der Waals surface area contributed by atoms with Crippen LogP contribution in [0.3, 0.4) is 0 Å². The number of carbonyl (C=O) groups is 1. The van der Waals surface area contributed by atoms with E-state index in [0.717, 1.165) is 25.1 Å². The number of para-hydroxylation sites is 2. The van der Waals surface area contributed by atoms with Gasteiger partial charge in [-0.3, -0.25) is 4.79 Å². The Labute approximate surface area is 154 Å². The van der Waals surface area contributed by atoms with Gasteiger partial charge >= 0.3 is 0 Å². The molecule has 1 heterocycles. The number of amides is 1. The number of likely N-dealkylation sites (tertiary alicyclic amines) is 1. The van der Waals surface area contributed by atoms with E-state index >= 15 is 0 Å². The predicted molar refractivity (Wildman–Crippen MR) is 101 cm³/mol. The topological polar surface area (TPSA) is 32.8 Å². The van der Waals surface area contributed by atoms with Gasteiger partial charge in [0.05, 0.1) is 12.2 Å². The molecule has 2 aromatic rings. The summed E-state index contributed by atoms with van der Waals surface area (Å²) in [5.74, 6) is 0.175. The summed E-state index contributed by atoms with van der Waals surface area (Å²) in [6.07, 6.45) is 1.91. The first kappa shape index (κ1) is 18.2. The molecule has 1 aliphatic heterocycles. The van der Waals surface area contributed by atoms with Gasteiger partial charge in [0.25, 0.3) is 5.91 Å². The molecule has 0 aliphatic carbocycles. The van der Waals surface area contributed by atoms with Crippen molar-refractivity contribution in [3.05, 3.63) is 59.9 Å². The summed E-state index contributed by atoms with van der Waals surface area (Å²) >= 11 is 0. The number of hydrogen-bond donors (Lipinski definition) is 0. The predicted octanol–water partition coefficient (Wildman–Crippen LogP) is 3.82. The molecule has 1 aliphatic rings. The standard InChI is InChI=1S/C21H25FN2O2/c1-23(2)19-11-5-3-9-17(19)21(25)24-13-7-8-16(14-24)15-26-20-12-6-4-10-18(20)22/h3-6,9-12,16H,7-8,13-15H2,1-2H3. The molecule has 1 amide bonds. The van der Waals surface area contributed by atoms with E-state index in [2.05, 4.69) is 0 Å². The Morgan fingerprint density at radius 3 is 2.69 bits per heavy atom. The summed E-state index contributed by atoms with van der Waals surface area (Å²) in [7, 11) is 3.88. The lowest BCUT2D eigenvalue weighted by atomic mass is 9.98. The number of carbonyl (C=O) groups excluding carboxylic acids is 1. The zero-order chi connectivity index (χ0) is 18.5. The van der Waals surface area contributed by atoms with Crippen LogP contribution in [0.1, 0.15) is 23.2 Å². The van der Waals surface area contributed by atoms with Crippen molar-refractivity contribution in [2.75, 3.05) is 38.7 Å². The largest absolute Gasteiger partial charge is 0.490 e. The number of anilines is 1. The highest BCUT2D eigenvalue weighted by Crippen LogP contribution is 2.25. The summed E-state index contributed by atoms with van der Waals surface area (Å²) in [6, 6.07) is 14.1. The Kier molecular flexibility index (Phi) is 5.76. The second-order valence-electron chi connectivity index (χ2n) is 6.91. The van der Waals surface area contributed by atoms with E-state index in [1.165, 1.54) is 6.07 Å². The fraction of sp³-hybridized carbons (Fsp3) is 0.381. The van der Waals surface area contributed by atoms with Gasteiger partial charge in [0.15, 0.2) is 11.6 Å². The van der Waals surface area contributed by atoms with E-state index in [0.29, 0.717) is 18.7 Å². The van der Waals surface area contributed by atoms with E-state index in [1.807, 2.05) is 48.2 Å². The average Bonchev–Trinajstić information content (AvgIpc) is 2.67. The van der Waals surface area contributed by atoms with Crippen LogP contribution in [0.25, 0.3) is 0 Å². The Morgan fingerprint density at radius 1 is 1.19 bits per heavy atom. The van der Waals surface area contributed by atoms with Gasteiger partial charge in [-0.2, -0.15) is 0 Å². The minimum atomic E-state index is -0.351. The van der Waals surface area contributed by atoms with E-state index in [1.54, 1.807) is 18.2 Å². The first-order valence-corrected chi connectivity index (χ1v) is 8.99. The van der Waals surface area contributed by atoms with E-state index in [4.69, 9.17) is 4.74 Å². The normalized spacial score (nSPS) is 17.0. The van der Waals surface area contributed by atoms with E-state index in [-0.39, 0.29) is 23.4 Å². The van der Waals surface area contributed by atoms with Crippen LogP contribution >= 0.6 is 0 Å². The van der Waals surface area contributed by atoms with Crippen LogP contribution < -0.4 is 9.64 Å². The number of nitrogens with zero attached hydrogens (tertiary/aromatic N) is 2. The van der Waals surface area contributed by atoms with Crippen molar-refractivity contribution in [1.82, 2.24) is 4.90 Å². The Bertz CT molecular complexity index is 763. The van der Waals surface area contributed by atoms with Crippen LogP contribution in [0.15, 0.2) is 48.5 Å². The third kappa shape index (κ3) is 4.15. The summed E-state index contributed by atoms with van der Waals surface area (Å²) in [4.78, 5) is 16.8. The highest BCUT2D eigenvalue weighted by molar-refractivity contribution is 5.99. The fourth-order valence-corrected chi connectivity index (χ4v) is 3.37. The molecule has 1 atom stereocenters. The lowest BCUT2D eigenvalue weighted by Gasteiger charge is -2.33. The molecule has 138 valence electrons. The Hall–Kier alpha value is -2.56.